The van der Waals surface area contributed by atoms with E-state index in [9.17, 15) is 14.4 Å². The van der Waals surface area contributed by atoms with Gasteiger partial charge in [0.1, 0.15) is 6.04 Å². The molecule has 6 heteroatoms. The molecule has 0 spiro atoms. The molecule has 1 heterocycles. The summed E-state index contributed by atoms with van der Waals surface area (Å²) in [5, 5.41) is 5.79. The van der Waals surface area contributed by atoms with Crippen molar-refractivity contribution < 1.29 is 14.4 Å². The summed E-state index contributed by atoms with van der Waals surface area (Å²) in [6, 6.07) is 8.74. The summed E-state index contributed by atoms with van der Waals surface area (Å²) in [5.41, 5.74) is 0.632. The monoisotopic (exact) mass is 429 g/mol. The molecule has 0 bridgehead atoms. The van der Waals surface area contributed by atoms with Crippen molar-refractivity contribution in [3.63, 3.8) is 0 Å². The first-order valence-corrected chi connectivity index (χ1v) is 12.0. The van der Waals surface area contributed by atoms with Gasteiger partial charge in [-0.15, -0.1) is 0 Å². The molecule has 0 saturated carbocycles. The summed E-state index contributed by atoms with van der Waals surface area (Å²) in [5.74, 6) is -0.0639. The molecule has 2 N–H and O–H groups in total. The fourth-order valence-electron chi connectivity index (χ4n) is 4.03. The Kier molecular flexibility index (Phi) is 11.7. The van der Waals surface area contributed by atoms with Crippen LogP contribution in [0.1, 0.15) is 87.9 Å². The van der Waals surface area contributed by atoms with Gasteiger partial charge in [-0.3, -0.25) is 14.4 Å². The first kappa shape index (κ1) is 24.9. The second kappa shape index (κ2) is 14.6. The van der Waals surface area contributed by atoms with Gasteiger partial charge in [0.05, 0.1) is 0 Å². The number of benzene rings is 1. The highest BCUT2D eigenvalue weighted by Crippen LogP contribution is 2.19. The van der Waals surface area contributed by atoms with Gasteiger partial charge in [-0.1, -0.05) is 63.6 Å². The Hall–Kier alpha value is -2.37. The smallest absolute Gasteiger partial charge is 0.251 e. The number of carbonyl (C=O) groups excluding carboxylic acids is 3. The van der Waals surface area contributed by atoms with Crippen LogP contribution in [0.15, 0.2) is 30.3 Å². The maximum Gasteiger partial charge on any atom is 0.251 e. The molecular weight excluding hydrogens is 390 g/mol. The lowest BCUT2D eigenvalue weighted by molar-refractivity contribution is -0.138. The summed E-state index contributed by atoms with van der Waals surface area (Å²) < 4.78 is 0. The number of carbonyl (C=O) groups is 3. The molecule has 1 aliphatic heterocycles. The van der Waals surface area contributed by atoms with Gasteiger partial charge < -0.3 is 15.5 Å². The van der Waals surface area contributed by atoms with Gasteiger partial charge >= 0.3 is 0 Å². The number of nitrogens with one attached hydrogen (secondary N) is 2. The third kappa shape index (κ3) is 9.11. The molecule has 1 saturated heterocycles. The zero-order valence-corrected chi connectivity index (χ0v) is 19.0. The summed E-state index contributed by atoms with van der Waals surface area (Å²) in [6.45, 7) is 3.88. The van der Waals surface area contributed by atoms with Crippen LogP contribution in [0.4, 0.5) is 0 Å². The van der Waals surface area contributed by atoms with Crippen LogP contribution in [-0.2, 0) is 9.59 Å². The van der Waals surface area contributed by atoms with E-state index in [1.807, 2.05) is 18.2 Å². The topological polar surface area (TPSA) is 78.5 Å². The Morgan fingerprint density at radius 3 is 2.32 bits per heavy atom. The molecule has 1 fully saturated rings. The number of hydrogen-bond acceptors (Lipinski definition) is 3. The molecular formula is C25H39N3O3. The van der Waals surface area contributed by atoms with Crippen LogP contribution in [0.5, 0.6) is 0 Å². The zero-order valence-electron chi connectivity index (χ0n) is 19.0. The largest absolute Gasteiger partial charge is 0.354 e. The molecule has 0 aliphatic carbocycles. The molecule has 6 nitrogen and oxygen atoms in total. The van der Waals surface area contributed by atoms with Gasteiger partial charge in [-0.2, -0.15) is 0 Å². The predicted molar refractivity (Wildman–Crippen MR) is 124 cm³/mol. The van der Waals surface area contributed by atoms with Gasteiger partial charge in [0.15, 0.2) is 0 Å². The van der Waals surface area contributed by atoms with E-state index >= 15 is 0 Å². The fourth-order valence-corrected chi connectivity index (χ4v) is 4.03. The molecule has 3 amide bonds. The second-order valence-electron chi connectivity index (χ2n) is 8.38. The van der Waals surface area contributed by atoms with E-state index in [-0.39, 0.29) is 23.8 Å². The highest BCUT2D eigenvalue weighted by molar-refractivity contribution is 5.94. The first-order chi connectivity index (χ1) is 15.1. The van der Waals surface area contributed by atoms with Crippen LogP contribution in [0, 0.1) is 0 Å². The average Bonchev–Trinajstić information content (AvgIpc) is 3.28. The number of unbranched alkanes of at least 4 members (excludes halogenated alkanes) is 6. The van der Waals surface area contributed by atoms with Crippen LogP contribution in [0.2, 0.25) is 0 Å². The van der Waals surface area contributed by atoms with Gasteiger partial charge in [0.2, 0.25) is 11.8 Å². The van der Waals surface area contributed by atoms with Crippen LogP contribution in [0.3, 0.4) is 0 Å². The van der Waals surface area contributed by atoms with E-state index in [1.54, 1.807) is 17.0 Å². The van der Waals surface area contributed by atoms with Gasteiger partial charge in [-0.05, 0) is 37.8 Å². The number of likely N-dealkylation sites (tertiary alicyclic amines) is 1. The second-order valence-corrected chi connectivity index (χ2v) is 8.38. The van der Waals surface area contributed by atoms with E-state index in [2.05, 4.69) is 17.6 Å². The fraction of sp³-hybridized carbons (Fsp3) is 0.640. The standard InChI is InChI=1S/C25H39N3O3/c1-2-3-4-5-6-7-11-17-23(29)28-20-12-16-22(28)25(31)27-19-13-18-26-24(30)21-14-9-8-10-15-21/h8-10,14-15,22H,2-7,11-13,16-20H2,1H3,(H,26,30)(H,27,31)/t22-/m0/s1. The number of hydrogen-bond donors (Lipinski definition) is 2. The van der Waals surface area contributed by atoms with Crippen molar-refractivity contribution in [3.05, 3.63) is 35.9 Å². The van der Waals surface area contributed by atoms with Gasteiger partial charge in [0.25, 0.3) is 5.91 Å². The van der Waals surface area contributed by atoms with Crippen LogP contribution in [0.25, 0.3) is 0 Å². The van der Waals surface area contributed by atoms with E-state index in [0.29, 0.717) is 38.0 Å². The predicted octanol–water partition coefficient (Wildman–Crippen LogP) is 4.05. The van der Waals surface area contributed by atoms with Crippen molar-refractivity contribution in [2.45, 2.75) is 83.6 Å². The van der Waals surface area contributed by atoms with Crippen LogP contribution in [-0.4, -0.2) is 48.3 Å². The molecule has 0 unspecified atom stereocenters. The van der Waals surface area contributed by atoms with Gasteiger partial charge in [0, 0.05) is 31.6 Å². The van der Waals surface area contributed by atoms with E-state index in [0.717, 1.165) is 25.7 Å². The normalized spacial score (nSPS) is 15.6. The molecule has 0 radical (unpaired) electrons. The molecule has 1 aromatic rings. The van der Waals surface area contributed by atoms with E-state index in [1.165, 1.54) is 32.1 Å². The van der Waals surface area contributed by atoms with Gasteiger partial charge in [-0.25, -0.2) is 0 Å². The molecule has 1 atom stereocenters. The first-order valence-electron chi connectivity index (χ1n) is 12.0. The summed E-state index contributed by atoms with van der Waals surface area (Å²) >= 11 is 0. The lowest BCUT2D eigenvalue weighted by Gasteiger charge is -2.24. The van der Waals surface area contributed by atoms with Crippen molar-refractivity contribution in [2.24, 2.45) is 0 Å². The van der Waals surface area contributed by atoms with Crippen LogP contribution < -0.4 is 10.6 Å². The molecule has 2 rings (SSSR count). The Labute approximate surface area is 187 Å². The minimum atomic E-state index is -0.337. The Morgan fingerprint density at radius 1 is 0.903 bits per heavy atom. The minimum Gasteiger partial charge on any atom is -0.354 e. The summed E-state index contributed by atoms with van der Waals surface area (Å²) in [4.78, 5) is 38.9. The Balaban J connectivity index is 1.59. The van der Waals surface area contributed by atoms with E-state index in [4.69, 9.17) is 0 Å². The van der Waals surface area contributed by atoms with E-state index < -0.39 is 0 Å². The number of rotatable bonds is 14. The highest BCUT2D eigenvalue weighted by Gasteiger charge is 2.33. The maximum absolute atomic E-state index is 12.6. The maximum atomic E-state index is 12.6. The molecule has 31 heavy (non-hydrogen) atoms. The molecule has 1 aromatic carbocycles. The van der Waals surface area contributed by atoms with Crippen molar-refractivity contribution in [1.82, 2.24) is 15.5 Å². The minimum absolute atomic E-state index is 0.0696. The lowest BCUT2D eigenvalue weighted by Crippen LogP contribution is -2.46. The van der Waals surface area contributed by atoms with Crippen molar-refractivity contribution in [3.8, 4) is 0 Å². The zero-order chi connectivity index (χ0) is 22.3. The third-order valence-corrected chi connectivity index (χ3v) is 5.84. The molecule has 0 aromatic heterocycles. The number of nitrogens with zero attached hydrogens (tertiary/aromatic N) is 1. The lowest BCUT2D eigenvalue weighted by atomic mass is 10.1. The molecule has 1 aliphatic rings. The number of amides is 3. The molecule has 172 valence electrons. The third-order valence-electron chi connectivity index (χ3n) is 5.84. The Morgan fingerprint density at radius 2 is 1.58 bits per heavy atom. The van der Waals surface area contributed by atoms with Crippen molar-refractivity contribution in [1.29, 1.82) is 0 Å². The average molecular weight is 430 g/mol. The van der Waals surface area contributed by atoms with Crippen molar-refractivity contribution >= 4 is 17.7 Å². The quantitative estimate of drug-likeness (QED) is 0.438. The highest BCUT2D eigenvalue weighted by atomic mass is 16.2. The van der Waals surface area contributed by atoms with Crippen LogP contribution >= 0.6 is 0 Å². The SMILES string of the molecule is CCCCCCCCCC(=O)N1CCC[C@H]1C(=O)NCCCNC(=O)c1ccccc1. The van der Waals surface area contributed by atoms with Crippen molar-refractivity contribution in [2.75, 3.05) is 19.6 Å². The summed E-state index contributed by atoms with van der Waals surface area (Å²) in [7, 11) is 0. The Bertz CT molecular complexity index is 678. The summed E-state index contributed by atoms with van der Waals surface area (Å²) in [6.07, 6.45) is 11.1.